The van der Waals surface area contributed by atoms with Gasteiger partial charge in [0.15, 0.2) is 6.10 Å². The summed E-state index contributed by atoms with van der Waals surface area (Å²) in [6, 6.07) is 0. The number of carbonyl (C=O) groups excluding carboxylic acids is 1. The second kappa shape index (κ2) is 2.70. The average molecular weight is 158 g/mol. The first-order chi connectivity index (χ1) is 5.36. The van der Waals surface area contributed by atoms with Crippen LogP contribution in [0.1, 0.15) is 12.8 Å². The van der Waals surface area contributed by atoms with Crippen molar-refractivity contribution in [2.45, 2.75) is 25.0 Å². The van der Waals surface area contributed by atoms with Crippen LogP contribution >= 0.6 is 0 Å². The van der Waals surface area contributed by atoms with E-state index < -0.39 is 6.16 Å². The quantitative estimate of drug-likeness (QED) is 0.487. The van der Waals surface area contributed by atoms with E-state index in [-0.39, 0.29) is 12.2 Å². The number of hydrogen-bond acceptors (Lipinski definition) is 4. The summed E-state index contributed by atoms with van der Waals surface area (Å²) in [6.07, 6.45) is 1.02. The summed E-state index contributed by atoms with van der Waals surface area (Å²) in [5, 5.41) is 0. The molecule has 0 amide bonds. The second-order valence-electron chi connectivity index (χ2n) is 2.78. The second-order valence-corrected chi connectivity index (χ2v) is 2.78. The highest BCUT2D eigenvalue weighted by atomic mass is 16.8. The van der Waals surface area contributed by atoms with Gasteiger partial charge < -0.3 is 14.2 Å². The lowest BCUT2D eigenvalue weighted by Crippen LogP contribution is -2.24. The molecule has 4 heteroatoms. The molecule has 0 aromatic carbocycles. The molecule has 62 valence electrons. The summed E-state index contributed by atoms with van der Waals surface area (Å²) in [5.74, 6) is 0. The monoisotopic (exact) mass is 158 g/mol. The lowest BCUT2D eigenvalue weighted by molar-refractivity contribution is 0.0505. The van der Waals surface area contributed by atoms with Gasteiger partial charge in [-0.1, -0.05) is 0 Å². The van der Waals surface area contributed by atoms with Crippen LogP contribution in [0.4, 0.5) is 4.79 Å². The molecule has 0 saturated carbocycles. The number of rotatable bonds is 0. The average Bonchev–Trinajstić information content (AvgIpc) is 2.17. The molecule has 4 nitrogen and oxygen atoms in total. The van der Waals surface area contributed by atoms with Crippen molar-refractivity contribution in [1.29, 1.82) is 0 Å². The molecule has 0 aliphatic carbocycles. The van der Waals surface area contributed by atoms with Crippen molar-refractivity contribution >= 4 is 6.16 Å². The smallest absolute Gasteiger partial charge is 0.427 e. The maximum atomic E-state index is 10.6. The van der Waals surface area contributed by atoms with Gasteiger partial charge in [0.05, 0.1) is 6.61 Å². The van der Waals surface area contributed by atoms with E-state index in [1.165, 1.54) is 0 Å². The van der Waals surface area contributed by atoms with Gasteiger partial charge in [0.25, 0.3) is 0 Å². The van der Waals surface area contributed by atoms with E-state index in [2.05, 4.69) is 0 Å². The van der Waals surface area contributed by atoms with E-state index >= 15 is 0 Å². The molecule has 2 saturated heterocycles. The first kappa shape index (κ1) is 6.91. The number of hydrogen-bond donors (Lipinski definition) is 0. The zero-order valence-corrected chi connectivity index (χ0v) is 6.12. The van der Waals surface area contributed by atoms with Crippen LogP contribution in [-0.2, 0) is 14.2 Å². The van der Waals surface area contributed by atoms with E-state index in [0.29, 0.717) is 6.61 Å². The molecule has 2 aliphatic heterocycles. The van der Waals surface area contributed by atoms with Crippen LogP contribution in [0.25, 0.3) is 0 Å². The Morgan fingerprint density at radius 1 is 1.27 bits per heavy atom. The molecule has 0 radical (unpaired) electrons. The van der Waals surface area contributed by atoms with Crippen molar-refractivity contribution in [1.82, 2.24) is 0 Å². The van der Waals surface area contributed by atoms with Crippen LogP contribution < -0.4 is 0 Å². The van der Waals surface area contributed by atoms with Crippen molar-refractivity contribution < 1.29 is 19.0 Å². The van der Waals surface area contributed by atoms with Gasteiger partial charge in [0.2, 0.25) is 0 Å². The highest BCUT2D eigenvalue weighted by molar-refractivity contribution is 5.62. The van der Waals surface area contributed by atoms with Crippen LogP contribution in [0, 0.1) is 0 Å². The van der Waals surface area contributed by atoms with Crippen molar-refractivity contribution in [2.75, 3.05) is 13.2 Å². The van der Waals surface area contributed by atoms with Gasteiger partial charge in [-0.15, -0.1) is 0 Å². The van der Waals surface area contributed by atoms with Gasteiger partial charge in [-0.05, 0) is 12.8 Å². The fourth-order valence-corrected chi connectivity index (χ4v) is 1.40. The van der Waals surface area contributed by atoms with Gasteiger partial charge >= 0.3 is 6.16 Å². The Balaban J connectivity index is 2.01. The van der Waals surface area contributed by atoms with Crippen LogP contribution in [0.2, 0.25) is 0 Å². The summed E-state index contributed by atoms with van der Waals surface area (Å²) >= 11 is 0. The molecule has 2 heterocycles. The summed E-state index contributed by atoms with van der Waals surface area (Å²) in [5.41, 5.74) is 0. The Kier molecular flexibility index (Phi) is 1.69. The third kappa shape index (κ3) is 1.30. The van der Waals surface area contributed by atoms with Gasteiger partial charge in [-0.2, -0.15) is 0 Å². The third-order valence-electron chi connectivity index (χ3n) is 1.97. The van der Waals surface area contributed by atoms with E-state index in [1.54, 1.807) is 0 Å². The summed E-state index contributed by atoms with van der Waals surface area (Å²) in [4.78, 5) is 10.6. The fraction of sp³-hybridized carbons (Fsp3) is 0.857. The Labute approximate surface area is 64.4 Å². The molecule has 2 rings (SSSR count). The standard InChI is InChI=1S/C7H10O4/c8-7-10-5-2-1-3-9-4-6(5)11-7/h5-6H,1-4H2. The zero-order valence-electron chi connectivity index (χ0n) is 6.12. The Morgan fingerprint density at radius 3 is 3.00 bits per heavy atom. The Hall–Kier alpha value is -0.770. The van der Waals surface area contributed by atoms with Crippen LogP contribution in [-0.4, -0.2) is 31.6 Å². The SMILES string of the molecule is O=C1OC2CCCOCC2O1. The first-order valence-corrected chi connectivity index (χ1v) is 3.81. The van der Waals surface area contributed by atoms with Crippen LogP contribution in [0.3, 0.4) is 0 Å². The van der Waals surface area contributed by atoms with E-state index in [1.807, 2.05) is 0 Å². The van der Waals surface area contributed by atoms with Crippen molar-refractivity contribution in [3.63, 3.8) is 0 Å². The summed E-state index contributed by atoms with van der Waals surface area (Å²) in [7, 11) is 0. The third-order valence-corrected chi connectivity index (χ3v) is 1.97. The molecule has 2 fully saturated rings. The minimum absolute atomic E-state index is 0.0648. The molecular formula is C7H10O4. The molecule has 0 N–H and O–H groups in total. The lowest BCUT2D eigenvalue weighted by Gasteiger charge is -2.08. The normalized spacial score (nSPS) is 36.9. The molecule has 0 aromatic heterocycles. The number of carbonyl (C=O) groups is 1. The topological polar surface area (TPSA) is 44.8 Å². The molecule has 0 aromatic rings. The molecule has 2 atom stereocenters. The van der Waals surface area contributed by atoms with Gasteiger partial charge in [-0.3, -0.25) is 0 Å². The van der Waals surface area contributed by atoms with Crippen LogP contribution in [0.15, 0.2) is 0 Å². The summed E-state index contributed by atoms with van der Waals surface area (Å²) < 4.78 is 15.0. The molecule has 11 heavy (non-hydrogen) atoms. The first-order valence-electron chi connectivity index (χ1n) is 3.81. The molecule has 0 spiro atoms. The molecule has 2 unspecified atom stereocenters. The van der Waals surface area contributed by atoms with E-state index in [0.717, 1.165) is 19.4 Å². The van der Waals surface area contributed by atoms with Crippen molar-refractivity contribution in [2.24, 2.45) is 0 Å². The molecular weight excluding hydrogens is 148 g/mol. The number of fused-ring (bicyclic) bond motifs is 1. The number of ether oxygens (including phenoxy) is 3. The maximum Gasteiger partial charge on any atom is 0.509 e. The van der Waals surface area contributed by atoms with Gasteiger partial charge in [-0.25, -0.2) is 4.79 Å². The predicted octanol–water partition coefficient (Wildman–Crippen LogP) is 0.701. The maximum absolute atomic E-state index is 10.6. The highest BCUT2D eigenvalue weighted by Crippen LogP contribution is 2.22. The fourth-order valence-electron chi connectivity index (χ4n) is 1.40. The van der Waals surface area contributed by atoms with Crippen LogP contribution in [0.5, 0.6) is 0 Å². The van der Waals surface area contributed by atoms with Gasteiger partial charge in [0, 0.05) is 6.61 Å². The van der Waals surface area contributed by atoms with Crippen molar-refractivity contribution in [3.05, 3.63) is 0 Å². The lowest BCUT2D eigenvalue weighted by atomic mass is 10.1. The highest BCUT2D eigenvalue weighted by Gasteiger charge is 2.37. The Bertz CT molecular complexity index is 152. The Morgan fingerprint density at radius 2 is 2.09 bits per heavy atom. The molecule has 0 bridgehead atoms. The van der Waals surface area contributed by atoms with Gasteiger partial charge in [0.1, 0.15) is 6.10 Å². The van der Waals surface area contributed by atoms with E-state index in [9.17, 15) is 4.79 Å². The zero-order chi connectivity index (χ0) is 7.68. The minimum Gasteiger partial charge on any atom is -0.427 e. The summed E-state index contributed by atoms with van der Waals surface area (Å²) in [6.45, 7) is 1.23. The van der Waals surface area contributed by atoms with Crippen molar-refractivity contribution in [3.8, 4) is 0 Å². The van der Waals surface area contributed by atoms with E-state index in [4.69, 9.17) is 14.2 Å². The minimum atomic E-state index is -0.550. The largest absolute Gasteiger partial charge is 0.509 e. The molecule has 2 aliphatic rings. The predicted molar refractivity (Wildman–Crippen MR) is 35.2 cm³/mol.